The fourth-order valence-corrected chi connectivity index (χ4v) is 2.12. The van der Waals surface area contributed by atoms with E-state index in [-0.39, 0.29) is 11.5 Å². The lowest BCUT2D eigenvalue weighted by Gasteiger charge is -2.01. The normalized spacial score (nSPS) is 11.1. The smallest absolute Gasteiger partial charge is 0.142 e. The van der Waals surface area contributed by atoms with Gasteiger partial charge >= 0.3 is 0 Å². The Bertz CT molecular complexity index is 736. The molecule has 0 aliphatic rings. The van der Waals surface area contributed by atoms with Crippen LogP contribution in [0.25, 0.3) is 22.4 Å². The third-order valence-corrected chi connectivity index (χ3v) is 3.33. The SMILES string of the molecule is Cc1cc2nc(-c3ccc(O)cc3O)[nH]c2cc1C. The van der Waals surface area contributed by atoms with Crippen LogP contribution in [-0.2, 0) is 0 Å². The Labute approximate surface area is 110 Å². The quantitative estimate of drug-likeness (QED) is 0.624. The maximum atomic E-state index is 9.86. The van der Waals surface area contributed by atoms with Gasteiger partial charge in [-0.3, -0.25) is 0 Å². The number of hydrogen-bond acceptors (Lipinski definition) is 3. The molecule has 0 radical (unpaired) electrons. The molecule has 0 saturated heterocycles. The molecule has 19 heavy (non-hydrogen) atoms. The molecule has 96 valence electrons. The molecule has 1 heterocycles. The molecule has 0 unspecified atom stereocenters. The van der Waals surface area contributed by atoms with Crippen LogP contribution in [0.3, 0.4) is 0 Å². The first kappa shape index (κ1) is 11.6. The predicted octanol–water partition coefficient (Wildman–Crippen LogP) is 3.26. The van der Waals surface area contributed by atoms with Gasteiger partial charge in [0.25, 0.3) is 0 Å². The van der Waals surface area contributed by atoms with Crippen molar-refractivity contribution in [3.8, 4) is 22.9 Å². The van der Waals surface area contributed by atoms with E-state index in [0.29, 0.717) is 11.4 Å². The Balaban J connectivity index is 2.20. The Hall–Kier alpha value is -2.49. The molecule has 0 atom stereocenters. The van der Waals surface area contributed by atoms with Gasteiger partial charge in [-0.25, -0.2) is 4.98 Å². The molecule has 4 nitrogen and oxygen atoms in total. The number of rotatable bonds is 1. The highest BCUT2D eigenvalue weighted by molar-refractivity contribution is 5.82. The first-order chi connectivity index (χ1) is 9.04. The van der Waals surface area contributed by atoms with Crippen LogP contribution in [0.2, 0.25) is 0 Å². The van der Waals surface area contributed by atoms with E-state index in [1.165, 1.54) is 23.3 Å². The molecule has 2 aromatic carbocycles. The third kappa shape index (κ3) is 1.91. The van der Waals surface area contributed by atoms with Crippen molar-refractivity contribution in [1.82, 2.24) is 9.97 Å². The summed E-state index contributed by atoms with van der Waals surface area (Å²) in [7, 11) is 0. The fraction of sp³-hybridized carbons (Fsp3) is 0.133. The molecule has 0 aliphatic heterocycles. The second kappa shape index (κ2) is 4.02. The standard InChI is InChI=1S/C15H14N2O2/c1-8-5-12-13(6-9(8)2)17-15(16-12)11-4-3-10(18)7-14(11)19/h3-7,18-19H,1-2H3,(H,16,17). The molecule has 3 N–H and O–H groups in total. The van der Waals surface area contributed by atoms with Gasteiger partial charge in [-0.1, -0.05) is 0 Å². The topological polar surface area (TPSA) is 69.1 Å². The number of benzene rings is 2. The molecule has 0 spiro atoms. The number of fused-ring (bicyclic) bond motifs is 1. The van der Waals surface area contributed by atoms with Crippen molar-refractivity contribution >= 4 is 11.0 Å². The lowest BCUT2D eigenvalue weighted by atomic mass is 10.1. The van der Waals surface area contributed by atoms with Crippen molar-refractivity contribution in [3.63, 3.8) is 0 Å². The monoisotopic (exact) mass is 254 g/mol. The van der Waals surface area contributed by atoms with Crippen molar-refractivity contribution in [2.75, 3.05) is 0 Å². The number of H-pyrrole nitrogens is 1. The van der Waals surface area contributed by atoms with Gasteiger partial charge in [-0.2, -0.15) is 0 Å². The number of nitrogens with zero attached hydrogens (tertiary/aromatic N) is 1. The van der Waals surface area contributed by atoms with Crippen LogP contribution in [0.5, 0.6) is 11.5 Å². The van der Waals surface area contributed by atoms with Crippen LogP contribution >= 0.6 is 0 Å². The summed E-state index contributed by atoms with van der Waals surface area (Å²) in [6, 6.07) is 8.53. The van der Waals surface area contributed by atoms with Crippen LogP contribution < -0.4 is 0 Å². The Morgan fingerprint density at radius 1 is 1.00 bits per heavy atom. The van der Waals surface area contributed by atoms with E-state index in [9.17, 15) is 10.2 Å². The highest BCUT2D eigenvalue weighted by atomic mass is 16.3. The van der Waals surface area contributed by atoms with E-state index in [1.807, 2.05) is 26.0 Å². The molecule has 0 bridgehead atoms. The summed E-state index contributed by atoms with van der Waals surface area (Å²) < 4.78 is 0. The van der Waals surface area contributed by atoms with E-state index >= 15 is 0 Å². The molecule has 3 aromatic rings. The van der Waals surface area contributed by atoms with E-state index in [4.69, 9.17) is 0 Å². The van der Waals surface area contributed by atoms with Crippen LogP contribution in [0.15, 0.2) is 30.3 Å². The van der Waals surface area contributed by atoms with Crippen molar-refractivity contribution in [1.29, 1.82) is 0 Å². The maximum absolute atomic E-state index is 9.86. The summed E-state index contributed by atoms with van der Waals surface area (Å²) >= 11 is 0. The zero-order valence-corrected chi connectivity index (χ0v) is 10.7. The predicted molar refractivity (Wildman–Crippen MR) is 74.3 cm³/mol. The zero-order valence-electron chi connectivity index (χ0n) is 10.7. The minimum absolute atomic E-state index is 0.00694. The number of aromatic nitrogens is 2. The Morgan fingerprint density at radius 2 is 1.74 bits per heavy atom. The highest BCUT2D eigenvalue weighted by Gasteiger charge is 2.10. The lowest BCUT2D eigenvalue weighted by molar-refractivity contribution is 0.451. The summed E-state index contributed by atoms with van der Waals surface area (Å²) in [6.45, 7) is 4.09. The average Bonchev–Trinajstić information content (AvgIpc) is 2.72. The van der Waals surface area contributed by atoms with Gasteiger partial charge in [0.1, 0.15) is 17.3 Å². The number of phenols is 2. The summed E-state index contributed by atoms with van der Waals surface area (Å²) in [5.74, 6) is 0.633. The molecule has 0 aliphatic carbocycles. The van der Waals surface area contributed by atoms with Gasteiger partial charge in [0.05, 0.1) is 16.6 Å². The number of hydrogen-bond donors (Lipinski definition) is 3. The fourth-order valence-electron chi connectivity index (χ4n) is 2.12. The highest BCUT2D eigenvalue weighted by Crippen LogP contribution is 2.31. The van der Waals surface area contributed by atoms with Gasteiger partial charge < -0.3 is 15.2 Å². The van der Waals surface area contributed by atoms with Crippen molar-refractivity contribution < 1.29 is 10.2 Å². The van der Waals surface area contributed by atoms with Crippen LogP contribution in [0.4, 0.5) is 0 Å². The summed E-state index contributed by atoms with van der Waals surface area (Å²) in [5, 5.41) is 19.2. The molecule has 0 saturated carbocycles. The largest absolute Gasteiger partial charge is 0.508 e. The molecule has 0 amide bonds. The number of nitrogens with one attached hydrogen (secondary N) is 1. The number of aromatic hydroxyl groups is 2. The average molecular weight is 254 g/mol. The molecule has 0 fully saturated rings. The second-order valence-electron chi connectivity index (χ2n) is 4.74. The second-order valence-corrected chi connectivity index (χ2v) is 4.74. The van der Waals surface area contributed by atoms with E-state index in [0.717, 1.165) is 11.0 Å². The van der Waals surface area contributed by atoms with Crippen LogP contribution in [0, 0.1) is 13.8 Å². The van der Waals surface area contributed by atoms with Crippen molar-refractivity contribution in [2.45, 2.75) is 13.8 Å². The first-order valence-electron chi connectivity index (χ1n) is 6.04. The Morgan fingerprint density at radius 3 is 2.47 bits per heavy atom. The summed E-state index contributed by atoms with van der Waals surface area (Å²) in [4.78, 5) is 7.67. The van der Waals surface area contributed by atoms with E-state index in [1.54, 1.807) is 6.07 Å². The van der Waals surface area contributed by atoms with Crippen molar-refractivity contribution in [2.24, 2.45) is 0 Å². The molecule has 1 aromatic heterocycles. The number of aromatic amines is 1. The van der Waals surface area contributed by atoms with Gasteiger partial charge in [0.15, 0.2) is 0 Å². The van der Waals surface area contributed by atoms with Gasteiger partial charge in [-0.15, -0.1) is 0 Å². The lowest BCUT2D eigenvalue weighted by Crippen LogP contribution is -1.81. The van der Waals surface area contributed by atoms with Crippen molar-refractivity contribution in [3.05, 3.63) is 41.5 Å². The third-order valence-electron chi connectivity index (χ3n) is 3.33. The minimum Gasteiger partial charge on any atom is -0.508 e. The number of imidazole rings is 1. The Kier molecular flexibility index (Phi) is 2.45. The zero-order chi connectivity index (χ0) is 13.6. The van der Waals surface area contributed by atoms with E-state index in [2.05, 4.69) is 9.97 Å². The molecule has 4 heteroatoms. The van der Waals surface area contributed by atoms with Gasteiger partial charge in [0.2, 0.25) is 0 Å². The summed E-state index contributed by atoms with van der Waals surface area (Å²) in [5.41, 5.74) is 4.75. The number of aryl methyl sites for hydroxylation is 2. The summed E-state index contributed by atoms with van der Waals surface area (Å²) in [6.07, 6.45) is 0. The maximum Gasteiger partial charge on any atom is 0.142 e. The van der Waals surface area contributed by atoms with Crippen LogP contribution in [0.1, 0.15) is 11.1 Å². The van der Waals surface area contributed by atoms with Gasteiger partial charge in [-0.05, 0) is 49.2 Å². The molecule has 3 rings (SSSR count). The van der Waals surface area contributed by atoms with Crippen LogP contribution in [-0.4, -0.2) is 20.2 Å². The number of phenolic OH excluding ortho intramolecular Hbond substituents is 2. The molecular weight excluding hydrogens is 240 g/mol. The van der Waals surface area contributed by atoms with E-state index < -0.39 is 0 Å². The molecular formula is C15H14N2O2. The van der Waals surface area contributed by atoms with Gasteiger partial charge in [0, 0.05) is 6.07 Å². The minimum atomic E-state index is 0.00694. The first-order valence-corrected chi connectivity index (χ1v) is 6.04.